The molecule has 0 radical (unpaired) electrons. The highest BCUT2D eigenvalue weighted by molar-refractivity contribution is 5.92. The Kier molecular flexibility index (Phi) is 6.21. The fourth-order valence-electron chi connectivity index (χ4n) is 3.57. The van der Waals surface area contributed by atoms with E-state index >= 15 is 0 Å². The maximum atomic E-state index is 5.88. The van der Waals surface area contributed by atoms with Gasteiger partial charge in [0.15, 0.2) is 0 Å². The van der Waals surface area contributed by atoms with E-state index in [0.29, 0.717) is 18.4 Å². The number of rotatable bonds is 8. The molecule has 0 aliphatic heterocycles. The van der Waals surface area contributed by atoms with Crippen LogP contribution in [0.5, 0.6) is 11.5 Å². The predicted molar refractivity (Wildman–Crippen MR) is 136 cm³/mol. The molecule has 6 nitrogen and oxygen atoms in total. The number of aromatic nitrogens is 2. The molecule has 168 valence electrons. The second-order valence-electron chi connectivity index (χ2n) is 7.69. The maximum Gasteiger partial charge on any atom is 0.229 e. The van der Waals surface area contributed by atoms with Gasteiger partial charge in [-0.3, -0.25) is 0 Å². The number of nitrogens with zero attached hydrogens (tertiary/aromatic N) is 2. The largest absolute Gasteiger partial charge is 0.497 e. The van der Waals surface area contributed by atoms with Crippen molar-refractivity contribution in [3.05, 3.63) is 109 Å². The number of para-hydroxylation sites is 1. The number of fused-ring (bicyclic) bond motifs is 1. The molecule has 34 heavy (non-hydrogen) atoms. The van der Waals surface area contributed by atoms with Crippen molar-refractivity contribution in [1.82, 2.24) is 9.97 Å². The van der Waals surface area contributed by atoms with E-state index in [1.807, 2.05) is 103 Å². The smallest absolute Gasteiger partial charge is 0.229 e. The third kappa shape index (κ3) is 5.07. The number of hydrogen-bond donors (Lipinski definition) is 2. The summed E-state index contributed by atoms with van der Waals surface area (Å²) in [4.78, 5) is 9.43. The minimum atomic E-state index is 0.502. The molecule has 2 N–H and O–H groups in total. The summed E-state index contributed by atoms with van der Waals surface area (Å²) in [7, 11) is 1.65. The molecule has 5 aromatic rings. The highest BCUT2D eigenvalue weighted by Crippen LogP contribution is 2.28. The zero-order chi connectivity index (χ0) is 23.2. The van der Waals surface area contributed by atoms with Crippen molar-refractivity contribution in [2.45, 2.75) is 6.61 Å². The number of hydrogen-bond acceptors (Lipinski definition) is 6. The van der Waals surface area contributed by atoms with E-state index in [1.54, 1.807) is 7.11 Å². The van der Waals surface area contributed by atoms with Gasteiger partial charge in [-0.05, 0) is 54.1 Å². The van der Waals surface area contributed by atoms with Crippen LogP contribution in [-0.4, -0.2) is 17.1 Å². The van der Waals surface area contributed by atoms with Crippen LogP contribution in [0.4, 0.5) is 23.1 Å². The van der Waals surface area contributed by atoms with Crippen molar-refractivity contribution in [2.24, 2.45) is 0 Å². The molecule has 0 aliphatic carbocycles. The lowest BCUT2D eigenvalue weighted by Crippen LogP contribution is -2.02. The average Bonchev–Trinajstić information content (AvgIpc) is 2.89. The van der Waals surface area contributed by atoms with Crippen molar-refractivity contribution >= 4 is 34.0 Å². The number of ether oxygens (including phenoxy) is 2. The molecule has 0 amide bonds. The summed E-state index contributed by atoms with van der Waals surface area (Å²) in [6, 6.07) is 33.5. The zero-order valence-electron chi connectivity index (χ0n) is 18.7. The fourth-order valence-corrected chi connectivity index (χ4v) is 3.57. The van der Waals surface area contributed by atoms with Gasteiger partial charge in [0.25, 0.3) is 0 Å². The molecule has 0 aliphatic rings. The van der Waals surface area contributed by atoms with Crippen LogP contribution in [0.3, 0.4) is 0 Å². The standard InChI is InChI=1S/C28H24N4O2/c1-33-24-11-7-10-22(18-24)29-27-25-12-5-6-13-26(25)31-28(32-27)30-21-14-16-23(17-15-21)34-19-20-8-3-2-4-9-20/h2-18H,19H2,1H3,(H2,29,30,31,32). The van der Waals surface area contributed by atoms with Gasteiger partial charge >= 0.3 is 0 Å². The Hall–Kier alpha value is -4.58. The second-order valence-corrected chi connectivity index (χ2v) is 7.69. The molecule has 0 spiro atoms. The predicted octanol–water partition coefficient (Wildman–Crippen LogP) is 6.70. The van der Waals surface area contributed by atoms with Crippen LogP contribution >= 0.6 is 0 Å². The number of benzene rings is 4. The summed E-state index contributed by atoms with van der Waals surface area (Å²) in [5.74, 6) is 2.79. The van der Waals surface area contributed by atoms with E-state index in [1.165, 1.54) is 0 Å². The zero-order valence-corrected chi connectivity index (χ0v) is 18.7. The molecule has 5 rings (SSSR count). The number of nitrogens with one attached hydrogen (secondary N) is 2. The summed E-state index contributed by atoms with van der Waals surface area (Å²) >= 11 is 0. The molecule has 0 saturated carbocycles. The molecule has 0 atom stereocenters. The topological polar surface area (TPSA) is 68.3 Å². The van der Waals surface area contributed by atoms with Gasteiger partial charge in [-0.1, -0.05) is 48.5 Å². The van der Waals surface area contributed by atoms with E-state index in [0.717, 1.165) is 39.3 Å². The summed E-state index contributed by atoms with van der Waals surface area (Å²) in [5, 5.41) is 7.63. The van der Waals surface area contributed by atoms with E-state index in [9.17, 15) is 0 Å². The summed E-state index contributed by atoms with van der Waals surface area (Å²) in [6.07, 6.45) is 0. The van der Waals surface area contributed by atoms with Crippen molar-refractivity contribution in [3.63, 3.8) is 0 Å². The van der Waals surface area contributed by atoms with Crippen LogP contribution in [0, 0.1) is 0 Å². The summed E-state index contributed by atoms with van der Waals surface area (Å²) in [5.41, 5.74) is 3.72. The third-order valence-electron chi connectivity index (χ3n) is 5.29. The quantitative estimate of drug-likeness (QED) is 0.275. The van der Waals surface area contributed by atoms with Crippen LogP contribution in [0.1, 0.15) is 5.56 Å². The molecule has 1 aromatic heterocycles. The first-order valence-corrected chi connectivity index (χ1v) is 11.0. The lowest BCUT2D eigenvalue weighted by atomic mass is 10.2. The highest BCUT2D eigenvalue weighted by atomic mass is 16.5. The van der Waals surface area contributed by atoms with Crippen molar-refractivity contribution in [3.8, 4) is 11.5 Å². The molecule has 0 bridgehead atoms. The van der Waals surface area contributed by atoms with Gasteiger partial charge < -0.3 is 20.1 Å². The van der Waals surface area contributed by atoms with E-state index < -0.39 is 0 Å². The first-order chi connectivity index (χ1) is 16.8. The molecule has 0 saturated heterocycles. The molecular formula is C28H24N4O2. The van der Waals surface area contributed by atoms with Crippen LogP contribution < -0.4 is 20.1 Å². The van der Waals surface area contributed by atoms with Crippen molar-refractivity contribution < 1.29 is 9.47 Å². The molecular weight excluding hydrogens is 424 g/mol. The Balaban J connectivity index is 1.35. The fraction of sp³-hybridized carbons (Fsp3) is 0.0714. The Labute approximate surface area is 198 Å². The first kappa shape index (κ1) is 21.3. The average molecular weight is 449 g/mol. The van der Waals surface area contributed by atoms with E-state index in [4.69, 9.17) is 14.5 Å². The molecule has 6 heteroatoms. The van der Waals surface area contributed by atoms with Gasteiger partial charge in [0, 0.05) is 22.8 Å². The Bertz CT molecular complexity index is 1390. The summed E-state index contributed by atoms with van der Waals surface area (Å²) < 4.78 is 11.2. The van der Waals surface area contributed by atoms with E-state index in [2.05, 4.69) is 15.6 Å². The Morgan fingerprint density at radius 1 is 0.676 bits per heavy atom. The van der Waals surface area contributed by atoms with Gasteiger partial charge in [-0.15, -0.1) is 0 Å². The lowest BCUT2D eigenvalue weighted by Gasteiger charge is -2.13. The second kappa shape index (κ2) is 9.92. The Morgan fingerprint density at radius 2 is 1.47 bits per heavy atom. The highest BCUT2D eigenvalue weighted by Gasteiger charge is 2.09. The van der Waals surface area contributed by atoms with Gasteiger partial charge in [0.2, 0.25) is 5.95 Å². The van der Waals surface area contributed by atoms with Crippen molar-refractivity contribution in [1.29, 1.82) is 0 Å². The molecule has 1 heterocycles. The monoisotopic (exact) mass is 448 g/mol. The molecule has 0 unspecified atom stereocenters. The van der Waals surface area contributed by atoms with Gasteiger partial charge in [0.05, 0.1) is 12.6 Å². The van der Waals surface area contributed by atoms with Crippen LogP contribution in [0.15, 0.2) is 103 Å². The van der Waals surface area contributed by atoms with Gasteiger partial charge in [-0.2, -0.15) is 4.98 Å². The SMILES string of the molecule is COc1cccc(Nc2nc(Nc3ccc(OCc4ccccc4)cc3)nc3ccccc23)c1. The minimum absolute atomic E-state index is 0.502. The number of methoxy groups -OCH3 is 1. The molecule has 4 aromatic carbocycles. The normalized spacial score (nSPS) is 10.6. The lowest BCUT2D eigenvalue weighted by molar-refractivity contribution is 0.306. The van der Waals surface area contributed by atoms with Gasteiger partial charge in [0.1, 0.15) is 23.9 Å². The third-order valence-corrected chi connectivity index (χ3v) is 5.29. The number of anilines is 4. The minimum Gasteiger partial charge on any atom is -0.497 e. The van der Waals surface area contributed by atoms with Crippen LogP contribution in [0.2, 0.25) is 0 Å². The van der Waals surface area contributed by atoms with Gasteiger partial charge in [-0.25, -0.2) is 4.98 Å². The maximum absolute atomic E-state index is 5.88. The Morgan fingerprint density at radius 3 is 2.29 bits per heavy atom. The summed E-state index contributed by atoms with van der Waals surface area (Å²) in [6.45, 7) is 0.528. The van der Waals surface area contributed by atoms with Crippen LogP contribution in [-0.2, 0) is 6.61 Å². The first-order valence-electron chi connectivity index (χ1n) is 11.0. The van der Waals surface area contributed by atoms with E-state index in [-0.39, 0.29) is 0 Å². The molecule has 0 fully saturated rings. The van der Waals surface area contributed by atoms with Crippen molar-refractivity contribution in [2.75, 3.05) is 17.7 Å². The van der Waals surface area contributed by atoms with Crippen LogP contribution in [0.25, 0.3) is 10.9 Å².